The van der Waals surface area contributed by atoms with Crippen LogP contribution in [0.3, 0.4) is 0 Å². The summed E-state index contributed by atoms with van der Waals surface area (Å²) in [5.74, 6) is 0.662. The molecule has 0 N–H and O–H groups in total. The standard InChI is InChI=1S/C11H18O2/c1-5-6-10(12)11-7(2)8(3)13-9(11)4/h5,7-9,11H,1,6H2,2-4H3. The quantitative estimate of drug-likeness (QED) is 0.625. The summed E-state index contributed by atoms with van der Waals surface area (Å²) in [7, 11) is 0. The molecule has 13 heavy (non-hydrogen) atoms. The Morgan fingerprint density at radius 3 is 2.38 bits per heavy atom. The molecule has 0 saturated carbocycles. The zero-order valence-electron chi connectivity index (χ0n) is 8.62. The van der Waals surface area contributed by atoms with Crippen LogP contribution in [-0.4, -0.2) is 18.0 Å². The molecular formula is C11H18O2. The molecule has 4 atom stereocenters. The third-order valence-corrected chi connectivity index (χ3v) is 2.96. The molecule has 0 aromatic carbocycles. The van der Waals surface area contributed by atoms with Gasteiger partial charge in [0.05, 0.1) is 12.2 Å². The van der Waals surface area contributed by atoms with Crippen LogP contribution in [0.1, 0.15) is 27.2 Å². The van der Waals surface area contributed by atoms with E-state index in [1.807, 2.05) is 13.8 Å². The third-order valence-electron chi connectivity index (χ3n) is 2.96. The summed E-state index contributed by atoms with van der Waals surface area (Å²) in [6.07, 6.45) is 2.41. The highest BCUT2D eigenvalue weighted by atomic mass is 16.5. The Hall–Kier alpha value is -0.630. The van der Waals surface area contributed by atoms with E-state index in [1.165, 1.54) is 0 Å². The summed E-state index contributed by atoms with van der Waals surface area (Å²) in [5, 5.41) is 0. The topological polar surface area (TPSA) is 26.3 Å². The minimum Gasteiger partial charge on any atom is -0.375 e. The molecule has 0 radical (unpaired) electrons. The number of carbonyl (C=O) groups excluding carboxylic acids is 1. The van der Waals surface area contributed by atoms with Gasteiger partial charge in [0, 0.05) is 12.3 Å². The van der Waals surface area contributed by atoms with Crippen LogP contribution >= 0.6 is 0 Å². The zero-order valence-corrected chi connectivity index (χ0v) is 8.62. The van der Waals surface area contributed by atoms with Crippen LogP contribution < -0.4 is 0 Å². The average molecular weight is 182 g/mol. The second kappa shape index (κ2) is 4.05. The lowest BCUT2D eigenvalue weighted by Gasteiger charge is -2.15. The summed E-state index contributed by atoms with van der Waals surface area (Å²) in [4.78, 5) is 11.7. The van der Waals surface area contributed by atoms with Crippen molar-refractivity contribution in [2.24, 2.45) is 11.8 Å². The van der Waals surface area contributed by atoms with Gasteiger partial charge in [-0.15, -0.1) is 6.58 Å². The minimum absolute atomic E-state index is 0.0630. The lowest BCUT2D eigenvalue weighted by molar-refractivity contribution is -0.124. The Balaban J connectivity index is 2.67. The van der Waals surface area contributed by atoms with Gasteiger partial charge in [0.25, 0.3) is 0 Å². The maximum atomic E-state index is 11.7. The van der Waals surface area contributed by atoms with Crippen molar-refractivity contribution in [3.8, 4) is 0 Å². The van der Waals surface area contributed by atoms with E-state index in [4.69, 9.17) is 4.74 Å². The van der Waals surface area contributed by atoms with E-state index in [-0.39, 0.29) is 23.9 Å². The number of hydrogen-bond donors (Lipinski definition) is 0. The van der Waals surface area contributed by atoms with Gasteiger partial charge in [0.2, 0.25) is 0 Å². The van der Waals surface area contributed by atoms with Crippen LogP contribution in [-0.2, 0) is 9.53 Å². The molecule has 0 bridgehead atoms. The van der Waals surface area contributed by atoms with E-state index >= 15 is 0 Å². The molecule has 1 aliphatic heterocycles. The highest BCUT2D eigenvalue weighted by Gasteiger charge is 2.40. The molecule has 0 aliphatic carbocycles. The predicted molar refractivity (Wildman–Crippen MR) is 52.5 cm³/mol. The molecule has 1 fully saturated rings. The molecule has 0 aromatic heterocycles. The summed E-state index contributed by atoms with van der Waals surface area (Å²) in [6.45, 7) is 9.67. The van der Waals surface area contributed by atoms with E-state index in [0.29, 0.717) is 12.3 Å². The molecule has 2 nitrogen and oxygen atoms in total. The first-order chi connectivity index (χ1) is 6.07. The van der Waals surface area contributed by atoms with Crippen molar-refractivity contribution in [3.63, 3.8) is 0 Å². The fraction of sp³-hybridized carbons (Fsp3) is 0.727. The maximum absolute atomic E-state index is 11.7. The van der Waals surface area contributed by atoms with Crippen LogP contribution in [0.25, 0.3) is 0 Å². The van der Waals surface area contributed by atoms with Crippen LogP contribution in [0.5, 0.6) is 0 Å². The Bertz CT molecular complexity index is 210. The molecule has 74 valence electrons. The fourth-order valence-electron chi connectivity index (χ4n) is 2.10. The molecule has 1 aliphatic rings. The minimum atomic E-state index is 0.0630. The molecule has 4 unspecified atom stereocenters. The van der Waals surface area contributed by atoms with Crippen LogP contribution in [0, 0.1) is 11.8 Å². The molecule has 0 amide bonds. The molecule has 0 spiro atoms. The Morgan fingerprint density at radius 1 is 1.38 bits per heavy atom. The van der Waals surface area contributed by atoms with E-state index in [9.17, 15) is 4.79 Å². The summed E-state index contributed by atoms with van der Waals surface area (Å²) in [6, 6.07) is 0. The lowest BCUT2D eigenvalue weighted by Crippen LogP contribution is -2.26. The van der Waals surface area contributed by atoms with Gasteiger partial charge in [-0.25, -0.2) is 0 Å². The molecule has 1 rings (SSSR count). The highest BCUT2D eigenvalue weighted by molar-refractivity contribution is 5.83. The summed E-state index contributed by atoms with van der Waals surface area (Å²) >= 11 is 0. The zero-order chi connectivity index (χ0) is 10.0. The first-order valence-corrected chi connectivity index (χ1v) is 4.87. The van der Waals surface area contributed by atoms with Gasteiger partial charge >= 0.3 is 0 Å². The van der Waals surface area contributed by atoms with Crippen LogP contribution in [0.15, 0.2) is 12.7 Å². The van der Waals surface area contributed by atoms with Crippen LogP contribution in [0.2, 0.25) is 0 Å². The van der Waals surface area contributed by atoms with E-state index in [2.05, 4.69) is 13.5 Å². The smallest absolute Gasteiger partial charge is 0.142 e. The SMILES string of the molecule is C=CCC(=O)C1C(C)OC(C)C1C. The fourth-order valence-corrected chi connectivity index (χ4v) is 2.10. The normalized spacial score (nSPS) is 39.0. The first kappa shape index (κ1) is 10.5. The number of hydrogen-bond acceptors (Lipinski definition) is 2. The average Bonchev–Trinajstić information content (AvgIpc) is 2.27. The first-order valence-electron chi connectivity index (χ1n) is 4.87. The Kier molecular flexibility index (Phi) is 3.26. The number of ketones is 1. The van der Waals surface area contributed by atoms with E-state index in [1.54, 1.807) is 6.08 Å². The van der Waals surface area contributed by atoms with Gasteiger partial charge in [0.1, 0.15) is 5.78 Å². The Morgan fingerprint density at radius 2 is 2.00 bits per heavy atom. The number of Topliss-reactive ketones (excluding diaryl/α,β-unsaturated/α-hetero) is 1. The monoisotopic (exact) mass is 182 g/mol. The molecule has 0 aromatic rings. The number of carbonyl (C=O) groups is 1. The van der Waals surface area contributed by atoms with Crippen molar-refractivity contribution in [1.29, 1.82) is 0 Å². The molecular weight excluding hydrogens is 164 g/mol. The number of rotatable bonds is 3. The molecule has 2 heteroatoms. The van der Waals surface area contributed by atoms with Crippen molar-refractivity contribution < 1.29 is 9.53 Å². The van der Waals surface area contributed by atoms with Crippen molar-refractivity contribution in [1.82, 2.24) is 0 Å². The van der Waals surface area contributed by atoms with Gasteiger partial charge < -0.3 is 4.74 Å². The van der Waals surface area contributed by atoms with Gasteiger partial charge in [-0.05, 0) is 19.8 Å². The molecule has 1 heterocycles. The lowest BCUT2D eigenvalue weighted by atomic mass is 9.85. The predicted octanol–water partition coefficient (Wildman–Crippen LogP) is 2.19. The van der Waals surface area contributed by atoms with Crippen LogP contribution in [0.4, 0.5) is 0 Å². The van der Waals surface area contributed by atoms with Gasteiger partial charge in [-0.2, -0.15) is 0 Å². The number of allylic oxidation sites excluding steroid dienone is 1. The highest BCUT2D eigenvalue weighted by Crippen LogP contribution is 2.33. The van der Waals surface area contributed by atoms with Gasteiger partial charge in [-0.1, -0.05) is 13.0 Å². The van der Waals surface area contributed by atoms with Crippen molar-refractivity contribution in [3.05, 3.63) is 12.7 Å². The van der Waals surface area contributed by atoms with E-state index < -0.39 is 0 Å². The largest absolute Gasteiger partial charge is 0.375 e. The second-order valence-electron chi connectivity index (χ2n) is 3.89. The third kappa shape index (κ3) is 1.99. The Labute approximate surface area is 80.0 Å². The summed E-state index contributed by atoms with van der Waals surface area (Å²) in [5.41, 5.74) is 0. The second-order valence-corrected chi connectivity index (χ2v) is 3.89. The van der Waals surface area contributed by atoms with Crippen molar-refractivity contribution in [2.75, 3.05) is 0 Å². The van der Waals surface area contributed by atoms with Crippen molar-refractivity contribution in [2.45, 2.75) is 39.4 Å². The maximum Gasteiger partial charge on any atom is 0.142 e. The molecule has 1 saturated heterocycles. The summed E-state index contributed by atoms with van der Waals surface area (Å²) < 4.78 is 5.60. The van der Waals surface area contributed by atoms with Gasteiger partial charge in [0.15, 0.2) is 0 Å². The van der Waals surface area contributed by atoms with Gasteiger partial charge in [-0.3, -0.25) is 4.79 Å². The van der Waals surface area contributed by atoms with E-state index in [0.717, 1.165) is 0 Å². The van der Waals surface area contributed by atoms with Crippen molar-refractivity contribution >= 4 is 5.78 Å². The number of ether oxygens (including phenoxy) is 1.